The van der Waals surface area contributed by atoms with E-state index < -0.39 is 34.2 Å². The lowest BCUT2D eigenvalue weighted by atomic mass is 9.76. The van der Waals surface area contributed by atoms with Gasteiger partial charge in [-0.3, -0.25) is 4.72 Å². The second-order valence-electron chi connectivity index (χ2n) is 7.99. The van der Waals surface area contributed by atoms with Gasteiger partial charge in [0, 0.05) is 10.0 Å². The summed E-state index contributed by atoms with van der Waals surface area (Å²) in [6.07, 6.45) is 0. The maximum atomic E-state index is 14.6. The number of rotatable bonds is 4. The van der Waals surface area contributed by atoms with Crippen LogP contribution in [-0.2, 0) is 19.3 Å². The molecular formula is C19H21BCl2FNO4S. The molecule has 0 aromatic heterocycles. The lowest BCUT2D eigenvalue weighted by molar-refractivity contribution is 0.00578. The maximum Gasteiger partial charge on any atom is 0.495 e. The van der Waals surface area contributed by atoms with Gasteiger partial charge in [-0.2, -0.15) is 0 Å². The van der Waals surface area contributed by atoms with E-state index >= 15 is 0 Å². The van der Waals surface area contributed by atoms with Crippen LogP contribution in [0.3, 0.4) is 0 Å². The summed E-state index contributed by atoms with van der Waals surface area (Å²) in [6.45, 7) is 9.31. The van der Waals surface area contributed by atoms with E-state index in [1.165, 1.54) is 30.3 Å². The minimum Gasteiger partial charge on any atom is -0.399 e. The van der Waals surface area contributed by atoms with E-state index in [4.69, 9.17) is 32.5 Å². The highest BCUT2D eigenvalue weighted by atomic mass is 35.5. The Labute approximate surface area is 180 Å². The first-order valence-corrected chi connectivity index (χ1v) is 11.1. The molecule has 0 atom stereocenters. The van der Waals surface area contributed by atoms with Crippen molar-refractivity contribution >= 4 is 51.5 Å². The van der Waals surface area contributed by atoms with E-state index in [0.717, 1.165) is 0 Å². The molecule has 10 heteroatoms. The van der Waals surface area contributed by atoms with Crippen LogP contribution in [0, 0.1) is 12.7 Å². The Hall–Kier alpha value is -1.32. The lowest BCUT2D eigenvalue weighted by Gasteiger charge is -2.32. The number of hydrogen-bond acceptors (Lipinski definition) is 4. The molecule has 2 aromatic carbocycles. The van der Waals surface area contributed by atoms with E-state index in [1.54, 1.807) is 6.92 Å². The van der Waals surface area contributed by atoms with Crippen molar-refractivity contribution in [3.05, 3.63) is 51.8 Å². The van der Waals surface area contributed by atoms with E-state index in [-0.39, 0.29) is 20.6 Å². The minimum absolute atomic E-state index is 0.153. The minimum atomic E-state index is -4.12. The van der Waals surface area contributed by atoms with Gasteiger partial charge in [0.2, 0.25) is 0 Å². The normalized spacial score (nSPS) is 18.1. The third kappa shape index (κ3) is 4.42. The van der Waals surface area contributed by atoms with Crippen molar-refractivity contribution in [2.45, 2.75) is 50.7 Å². The molecule has 1 saturated heterocycles. The number of benzene rings is 2. The predicted octanol–water partition coefficient (Wildman–Crippen LogP) is 4.54. The first kappa shape index (κ1) is 22.4. The molecule has 0 radical (unpaired) electrons. The molecule has 0 saturated carbocycles. The van der Waals surface area contributed by atoms with Crippen LogP contribution in [0.15, 0.2) is 35.2 Å². The summed E-state index contributed by atoms with van der Waals surface area (Å²) in [5.74, 6) is -0.723. The fourth-order valence-corrected chi connectivity index (χ4v) is 4.66. The molecule has 1 heterocycles. The standard InChI is InChI=1S/C19H21BCl2FNO4S/c1-11-6-16(23)17(10-15(11)20-27-18(2,3)19(4,5)28-20)24-29(25,26)14-8-12(21)7-13(22)9-14/h6-10,24H,1-5H3. The van der Waals surface area contributed by atoms with Crippen molar-refractivity contribution < 1.29 is 22.1 Å². The van der Waals surface area contributed by atoms with Gasteiger partial charge in [0.15, 0.2) is 0 Å². The fraction of sp³-hybridized carbons (Fsp3) is 0.368. The topological polar surface area (TPSA) is 64.6 Å². The summed E-state index contributed by atoms with van der Waals surface area (Å²) in [6, 6.07) is 6.50. The van der Waals surface area contributed by atoms with Crippen molar-refractivity contribution in [1.82, 2.24) is 0 Å². The summed E-state index contributed by atoms with van der Waals surface area (Å²) in [4.78, 5) is -0.174. The lowest BCUT2D eigenvalue weighted by Crippen LogP contribution is -2.41. The van der Waals surface area contributed by atoms with Gasteiger partial charge in [0.25, 0.3) is 10.0 Å². The van der Waals surface area contributed by atoms with Gasteiger partial charge in [-0.25, -0.2) is 12.8 Å². The zero-order valence-corrected chi connectivity index (χ0v) is 19.0. The molecule has 0 bridgehead atoms. The van der Waals surface area contributed by atoms with Gasteiger partial charge < -0.3 is 9.31 Å². The van der Waals surface area contributed by atoms with Crippen LogP contribution in [0.1, 0.15) is 33.3 Å². The molecule has 1 N–H and O–H groups in total. The summed E-state index contributed by atoms with van der Waals surface area (Å²) >= 11 is 11.8. The Morgan fingerprint density at radius 2 is 1.48 bits per heavy atom. The molecule has 3 rings (SSSR count). The average Bonchev–Trinajstić information content (AvgIpc) is 2.76. The molecule has 0 amide bonds. The molecular weight excluding hydrogens is 439 g/mol. The summed E-state index contributed by atoms with van der Waals surface area (Å²) in [7, 11) is -4.88. The van der Waals surface area contributed by atoms with Crippen LogP contribution >= 0.6 is 23.2 Å². The molecule has 1 aliphatic heterocycles. The Bertz CT molecular complexity index is 1040. The van der Waals surface area contributed by atoms with Crippen molar-refractivity contribution in [3.63, 3.8) is 0 Å². The van der Waals surface area contributed by atoms with Crippen molar-refractivity contribution in [1.29, 1.82) is 0 Å². The highest BCUT2D eigenvalue weighted by Gasteiger charge is 2.52. The molecule has 2 aromatic rings. The molecule has 1 fully saturated rings. The first-order valence-electron chi connectivity index (χ1n) is 8.86. The largest absolute Gasteiger partial charge is 0.495 e. The maximum absolute atomic E-state index is 14.6. The van der Waals surface area contributed by atoms with Crippen molar-refractivity contribution in [3.8, 4) is 0 Å². The predicted molar refractivity (Wildman–Crippen MR) is 114 cm³/mol. The van der Waals surface area contributed by atoms with Crippen molar-refractivity contribution in [2.24, 2.45) is 0 Å². The second-order valence-corrected chi connectivity index (χ2v) is 10.5. The Balaban J connectivity index is 1.98. The van der Waals surface area contributed by atoms with Gasteiger partial charge in [-0.1, -0.05) is 23.2 Å². The third-order valence-corrected chi connectivity index (χ3v) is 7.03. The van der Waals surface area contributed by atoms with Crippen LogP contribution in [0.5, 0.6) is 0 Å². The zero-order valence-electron chi connectivity index (χ0n) is 16.6. The van der Waals surface area contributed by atoms with E-state index in [1.807, 2.05) is 27.7 Å². The Morgan fingerprint density at radius 1 is 0.966 bits per heavy atom. The summed E-state index contributed by atoms with van der Waals surface area (Å²) in [5, 5.41) is 0.306. The fourth-order valence-electron chi connectivity index (χ4n) is 2.88. The van der Waals surface area contributed by atoms with Crippen LogP contribution in [0.25, 0.3) is 0 Å². The van der Waals surface area contributed by atoms with Gasteiger partial charge in [0.1, 0.15) is 5.82 Å². The Kier molecular flexibility index (Phi) is 5.73. The molecule has 0 spiro atoms. The molecule has 0 unspecified atom stereocenters. The van der Waals surface area contributed by atoms with Gasteiger partial charge >= 0.3 is 7.12 Å². The number of halogens is 3. The van der Waals surface area contributed by atoms with Crippen LogP contribution < -0.4 is 10.2 Å². The second kappa shape index (κ2) is 7.43. The van der Waals surface area contributed by atoms with E-state index in [2.05, 4.69) is 4.72 Å². The highest BCUT2D eigenvalue weighted by molar-refractivity contribution is 7.92. The molecule has 1 aliphatic rings. The van der Waals surface area contributed by atoms with Crippen LogP contribution in [-0.4, -0.2) is 26.7 Å². The average molecular weight is 460 g/mol. The smallest absolute Gasteiger partial charge is 0.399 e. The van der Waals surface area contributed by atoms with Crippen LogP contribution in [0.2, 0.25) is 10.0 Å². The quantitative estimate of drug-likeness (QED) is 0.681. The number of anilines is 1. The van der Waals surface area contributed by atoms with Crippen LogP contribution in [0.4, 0.5) is 10.1 Å². The Morgan fingerprint density at radius 3 is 2.00 bits per heavy atom. The third-order valence-electron chi connectivity index (χ3n) is 5.25. The van der Waals surface area contributed by atoms with Crippen molar-refractivity contribution in [2.75, 3.05) is 4.72 Å². The van der Waals surface area contributed by atoms with Gasteiger partial charge in [0.05, 0.1) is 21.8 Å². The summed E-state index contributed by atoms with van der Waals surface area (Å²) in [5.41, 5.74) is -0.288. The van der Waals surface area contributed by atoms with E-state index in [0.29, 0.717) is 11.0 Å². The number of hydrogen-bond donors (Lipinski definition) is 1. The number of sulfonamides is 1. The first-order chi connectivity index (χ1) is 13.2. The number of nitrogens with one attached hydrogen (secondary N) is 1. The zero-order chi connectivity index (χ0) is 21.8. The molecule has 29 heavy (non-hydrogen) atoms. The molecule has 156 valence electrons. The van der Waals surface area contributed by atoms with Gasteiger partial charge in [-0.15, -0.1) is 0 Å². The molecule has 0 aliphatic carbocycles. The summed E-state index contributed by atoms with van der Waals surface area (Å²) < 4.78 is 54.3. The monoisotopic (exact) mass is 459 g/mol. The van der Waals surface area contributed by atoms with Gasteiger partial charge in [-0.05, 0) is 76.0 Å². The SMILES string of the molecule is Cc1cc(F)c(NS(=O)(=O)c2cc(Cl)cc(Cl)c2)cc1B1OC(C)(C)C(C)(C)O1. The number of aryl methyl sites for hydroxylation is 1. The highest BCUT2D eigenvalue weighted by Crippen LogP contribution is 2.37. The van der Waals surface area contributed by atoms with E-state index in [9.17, 15) is 12.8 Å². The molecule has 5 nitrogen and oxygen atoms in total.